The molecular formula is C19H18ClNO5. The molecule has 3 rings (SSSR count). The molecule has 0 fully saturated rings. The molecule has 0 heterocycles. The summed E-state index contributed by atoms with van der Waals surface area (Å²) in [6.07, 6.45) is 0. The van der Waals surface area contributed by atoms with Gasteiger partial charge in [-0.25, -0.2) is 4.79 Å². The van der Waals surface area contributed by atoms with Gasteiger partial charge in [0.2, 0.25) is 5.75 Å². The highest BCUT2D eigenvalue weighted by atomic mass is 35.5. The van der Waals surface area contributed by atoms with Crippen LogP contribution in [0, 0.1) is 0 Å². The molecule has 0 radical (unpaired) electrons. The second-order valence-corrected chi connectivity index (χ2v) is 5.64. The van der Waals surface area contributed by atoms with E-state index in [9.17, 15) is 9.90 Å². The maximum atomic E-state index is 10.6. The van der Waals surface area contributed by atoms with E-state index in [0.29, 0.717) is 5.56 Å². The van der Waals surface area contributed by atoms with Gasteiger partial charge >= 0.3 is 5.97 Å². The van der Waals surface area contributed by atoms with Crippen LogP contribution in [0.5, 0.6) is 17.2 Å². The molecule has 6 nitrogen and oxygen atoms in total. The molecule has 3 aromatic carbocycles. The molecule has 0 unspecified atom stereocenters. The van der Waals surface area contributed by atoms with Gasteiger partial charge in [0.25, 0.3) is 0 Å². The number of phenolic OH excluding ortho intramolecular Hbond substituents is 1. The van der Waals surface area contributed by atoms with E-state index in [1.807, 2.05) is 30.3 Å². The number of methoxy groups -OCH3 is 2. The number of aromatic hydroxyl groups is 1. The summed E-state index contributed by atoms with van der Waals surface area (Å²) in [6, 6.07) is 14.3. The van der Waals surface area contributed by atoms with E-state index in [1.54, 1.807) is 12.1 Å². The summed E-state index contributed by atoms with van der Waals surface area (Å²) in [4.78, 5) is 10.6. The number of carbonyl (C=O) groups is 1. The molecule has 3 aromatic rings. The highest BCUT2D eigenvalue weighted by Crippen LogP contribution is 2.45. The lowest BCUT2D eigenvalue weighted by Gasteiger charge is -2.11. The van der Waals surface area contributed by atoms with Gasteiger partial charge in [-0.05, 0) is 29.0 Å². The summed E-state index contributed by atoms with van der Waals surface area (Å²) in [6.45, 7) is 0. The predicted octanol–water partition coefficient (Wildman–Crippen LogP) is 4.18. The van der Waals surface area contributed by atoms with Crippen LogP contribution in [0.1, 0.15) is 10.4 Å². The Morgan fingerprint density at radius 1 is 1.00 bits per heavy atom. The van der Waals surface area contributed by atoms with Crippen LogP contribution in [0.3, 0.4) is 0 Å². The Balaban J connectivity index is 0.000000187. The van der Waals surface area contributed by atoms with Gasteiger partial charge in [0.05, 0.1) is 30.5 Å². The van der Waals surface area contributed by atoms with Gasteiger partial charge in [0, 0.05) is 0 Å². The lowest BCUT2D eigenvalue weighted by Crippen LogP contribution is -1.95. The van der Waals surface area contributed by atoms with Gasteiger partial charge in [-0.3, -0.25) is 0 Å². The Bertz CT molecular complexity index is 914. The fourth-order valence-corrected chi connectivity index (χ4v) is 2.64. The second kappa shape index (κ2) is 8.31. The molecule has 136 valence electrons. The highest BCUT2D eigenvalue weighted by molar-refractivity contribution is 6.32. The van der Waals surface area contributed by atoms with E-state index in [0.717, 1.165) is 10.8 Å². The average molecular weight is 376 g/mol. The zero-order valence-electron chi connectivity index (χ0n) is 14.2. The normalized spacial score (nSPS) is 9.96. The zero-order chi connectivity index (χ0) is 19.3. The van der Waals surface area contributed by atoms with E-state index in [1.165, 1.54) is 20.3 Å². The first-order valence-electron chi connectivity index (χ1n) is 7.50. The molecule has 0 aliphatic heterocycles. The lowest BCUT2D eigenvalue weighted by atomic mass is 10.1. The molecule has 0 atom stereocenters. The number of hydrogen-bond donors (Lipinski definition) is 3. The van der Waals surface area contributed by atoms with Crippen molar-refractivity contribution in [1.82, 2.24) is 0 Å². The number of benzene rings is 3. The summed E-state index contributed by atoms with van der Waals surface area (Å²) in [5.74, 6) is -0.741. The van der Waals surface area contributed by atoms with Crippen LogP contribution in [0.25, 0.3) is 10.8 Å². The summed E-state index contributed by atoms with van der Waals surface area (Å²) in [5.41, 5.74) is 6.13. The molecule has 0 aliphatic carbocycles. The van der Waals surface area contributed by atoms with E-state index >= 15 is 0 Å². The minimum atomic E-state index is -0.884. The van der Waals surface area contributed by atoms with Crippen molar-refractivity contribution in [2.24, 2.45) is 0 Å². The summed E-state index contributed by atoms with van der Waals surface area (Å²) in [5, 5.41) is 20.6. The fraction of sp³-hybridized carbons (Fsp3) is 0.105. The topological polar surface area (TPSA) is 102 Å². The van der Waals surface area contributed by atoms with E-state index in [2.05, 4.69) is 0 Å². The second-order valence-electron chi connectivity index (χ2n) is 5.23. The lowest BCUT2D eigenvalue weighted by molar-refractivity contribution is 0.0697. The number of phenols is 1. The third-order valence-electron chi connectivity index (χ3n) is 3.60. The molecule has 26 heavy (non-hydrogen) atoms. The molecule has 0 saturated carbocycles. The first-order chi connectivity index (χ1) is 12.4. The SMILES string of the molecule is COc1c(N)cc(Cl)c(OC)c1O.O=C(O)c1ccc2ccccc2c1. The number of aromatic carboxylic acids is 1. The molecule has 4 N–H and O–H groups in total. The standard InChI is InChI=1S/C11H8O2.C8H10ClNO3/c12-11(13)10-6-5-8-3-1-2-4-9(8)7-10;1-12-7-4(9)3-5(10)8(13-2)6(7)11/h1-7H,(H,12,13);3,11H,10H2,1-2H3. The van der Waals surface area contributed by atoms with Crippen molar-refractivity contribution in [3.63, 3.8) is 0 Å². The van der Waals surface area contributed by atoms with Crippen molar-refractivity contribution >= 4 is 34.0 Å². The molecule has 0 amide bonds. The van der Waals surface area contributed by atoms with Crippen LogP contribution < -0.4 is 15.2 Å². The van der Waals surface area contributed by atoms with E-state index in [-0.39, 0.29) is 28.0 Å². The highest BCUT2D eigenvalue weighted by Gasteiger charge is 2.16. The maximum absolute atomic E-state index is 10.6. The Kier molecular flexibility index (Phi) is 6.14. The minimum Gasteiger partial charge on any atom is -0.502 e. The Morgan fingerprint density at radius 3 is 2.19 bits per heavy atom. The van der Waals surface area contributed by atoms with Crippen molar-refractivity contribution in [3.05, 3.63) is 59.1 Å². The van der Waals surface area contributed by atoms with E-state index in [4.69, 9.17) is 31.9 Å². The number of carboxylic acids is 1. The van der Waals surface area contributed by atoms with Gasteiger partial charge in [-0.15, -0.1) is 0 Å². The van der Waals surface area contributed by atoms with Crippen LogP contribution in [-0.4, -0.2) is 30.4 Å². The molecule has 7 heteroatoms. The molecule has 0 aliphatic rings. The number of halogens is 1. The number of ether oxygens (including phenoxy) is 2. The Labute approximate surface area is 155 Å². The minimum absolute atomic E-state index is 0.160. The maximum Gasteiger partial charge on any atom is 0.335 e. The summed E-state index contributed by atoms with van der Waals surface area (Å²) < 4.78 is 9.72. The van der Waals surface area contributed by atoms with Crippen LogP contribution in [0.2, 0.25) is 5.02 Å². The van der Waals surface area contributed by atoms with Crippen molar-refractivity contribution in [2.75, 3.05) is 20.0 Å². The van der Waals surface area contributed by atoms with Gasteiger partial charge < -0.3 is 25.4 Å². The van der Waals surface area contributed by atoms with Crippen LogP contribution in [-0.2, 0) is 0 Å². The summed E-state index contributed by atoms with van der Waals surface area (Å²) >= 11 is 5.74. The third-order valence-corrected chi connectivity index (χ3v) is 3.88. The van der Waals surface area contributed by atoms with Crippen LogP contribution in [0.4, 0.5) is 5.69 Å². The quantitative estimate of drug-likeness (QED) is 0.593. The molecule has 0 bridgehead atoms. The third kappa shape index (κ3) is 4.10. The Hall–Kier alpha value is -3.12. The Morgan fingerprint density at radius 2 is 1.62 bits per heavy atom. The molecular weight excluding hydrogens is 358 g/mol. The number of nitrogen functional groups attached to an aromatic ring is 1. The van der Waals surface area contributed by atoms with Gasteiger partial charge in [-0.2, -0.15) is 0 Å². The van der Waals surface area contributed by atoms with Crippen molar-refractivity contribution in [1.29, 1.82) is 0 Å². The molecule has 0 spiro atoms. The molecule has 0 aromatic heterocycles. The van der Waals surface area contributed by atoms with Crippen molar-refractivity contribution < 1.29 is 24.5 Å². The van der Waals surface area contributed by atoms with Gasteiger partial charge in [0.15, 0.2) is 11.5 Å². The van der Waals surface area contributed by atoms with Crippen molar-refractivity contribution in [2.45, 2.75) is 0 Å². The zero-order valence-corrected chi connectivity index (χ0v) is 14.9. The largest absolute Gasteiger partial charge is 0.502 e. The number of carboxylic acid groups (broad SMARTS) is 1. The van der Waals surface area contributed by atoms with Gasteiger partial charge in [-0.1, -0.05) is 41.9 Å². The van der Waals surface area contributed by atoms with E-state index < -0.39 is 5.97 Å². The van der Waals surface area contributed by atoms with Crippen LogP contribution in [0.15, 0.2) is 48.5 Å². The molecule has 0 saturated heterocycles. The number of anilines is 1. The monoisotopic (exact) mass is 375 g/mol. The number of hydrogen-bond acceptors (Lipinski definition) is 5. The first kappa shape index (κ1) is 19.2. The fourth-order valence-electron chi connectivity index (χ4n) is 2.35. The van der Waals surface area contributed by atoms with Gasteiger partial charge in [0.1, 0.15) is 0 Å². The van der Waals surface area contributed by atoms with Crippen molar-refractivity contribution in [3.8, 4) is 17.2 Å². The van der Waals surface area contributed by atoms with Crippen LogP contribution >= 0.6 is 11.6 Å². The first-order valence-corrected chi connectivity index (χ1v) is 7.87. The summed E-state index contributed by atoms with van der Waals surface area (Å²) in [7, 11) is 2.80. The number of rotatable bonds is 3. The number of fused-ring (bicyclic) bond motifs is 1. The predicted molar refractivity (Wildman–Crippen MR) is 102 cm³/mol. The smallest absolute Gasteiger partial charge is 0.335 e. The number of nitrogens with two attached hydrogens (primary N) is 1. The average Bonchev–Trinajstić information content (AvgIpc) is 2.62.